The van der Waals surface area contributed by atoms with Crippen LogP contribution in [0.15, 0.2) is 29.2 Å². The number of hydrogen-bond acceptors (Lipinski definition) is 2. The molecule has 1 aromatic rings. The molecule has 112 valence electrons. The molecule has 0 aliphatic rings. The van der Waals surface area contributed by atoms with Crippen molar-refractivity contribution in [1.82, 2.24) is 10.6 Å². The van der Waals surface area contributed by atoms with E-state index in [4.69, 9.17) is 0 Å². The molecule has 8 heteroatoms. The maximum Gasteiger partial charge on any atom is 0.405 e. The van der Waals surface area contributed by atoms with Crippen molar-refractivity contribution in [3.63, 3.8) is 0 Å². The number of carbonyl (C=O) groups is 1. The topological polar surface area (TPSA) is 41.1 Å². The summed E-state index contributed by atoms with van der Waals surface area (Å²) in [5.41, 5.74) is 0. The molecule has 0 spiro atoms. The van der Waals surface area contributed by atoms with Gasteiger partial charge in [-0.25, -0.2) is 9.18 Å². The van der Waals surface area contributed by atoms with Crippen LogP contribution in [0.1, 0.15) is 6.42 Å². The van der Waals surface area contributed by atoms with Gasteiger partial charge < -0.3 is 10.6 Å². The second kappa shape index (κ2) is 7.98. The van der Waals surface area contributed by atoms with Gasteiger partial charge in [-0.05, 0) is 36.4 Å². The van der Waals surface area contributed by atoms with Crippen molar-refractivity contribution in [3.05, 3.63) is 30.1 Å². The average molecular weight is 310 g/mol. The molecule has 0 atom stereocenters. The molecule has 0 heterocycles. The number of thioether (sulfide) groups is 1. The molecular weight excluding hydrogens is 296 g/mol. The highest BCUT2D eigenvalue weighted by Crippen LogP contribution is 2.18. The Morgan fingerprint density at radius 3 is 2.40 bits per heavy atom. The van der Waals surface area contributed by atoms with Crippen molar-refractivity contribution in [1.29, 1.82) is 0 Å². The summed E-state index contributed by atoms with van der Waals surface area (Å²) in [4.78, 5) is 11.9. The van der Waals surface area contributed by atoms with E-state index in [9.17, 15) is 22.4 Å². The second-order valence-corrected chi connectivity index (χ2v) is 5.05. The van der Waals surface area contributed by atoms with Crippen molar-refractivity contribution < 1.29 is 22.4 Å². The Morgan fingerprint density at radius 2 is 1.80 bits per heavy atom. The molecule has 3 nitrogen and oxygen atoms in total. The van der Waals surface area contributed by atoms with Gasteiger partial charge in [-0.15, -0.1) is 11.8 Å². The van der Waals surface area contributed by atoms with Gasteiger partial charge in [0.25, 0.3) is 0 Å². The third-order valence-corrected chi connectivity index (χ3v) is 3.24. The van der Waals surface area contributed by atoms with Gasteiger partial charge in [0.05, 0.1) is 0 Å². The standard InChI is InChI=1S/C12H14F4N2OS/c13-9-2-4-10(5-3-9)20-7-1-6-17-11(19)18-8-12(14,15)16/h2-5H,1,6-8H2,(H2,17,18,19). The van der Waals surface area contributed by atoms with Crippen LogP contribution in [0, 0.1) is 5.82 Å². The fraction of sp³-hybridized carbons (Fsp3) is 0.417. The first-order valence-corrected chi connectivity index (χ1v) is 6.82. The number of amides is 2. The number of rotatable bonds is 6. The van der Waals surface area contributed by atoms with Gasteiger partial charge in [0.15, 0.2) is 0 Å². The number of halogens is 4. The molecule has 0 radical (unpaired) electrons. The summed E-state index contributed by atoms with van der Waals surface area (Å²) in [6.07, 6.45) is -3.81. The third-order valence-electron chi connectivity index (χ3n) is 2.14. The van der Waals surface area contributed by atoms with Gasteiger partial charge in [-0.3, -0.25) is 0 Å². The maximum absolute atomic E-state index is 12.6. The second-order valence-electron chi connectivity index (χ2n) is 3.88. The van der Waals surface area contributed by atoms with Gasteiger partial charge in [0, 0.05) is 11.4 Å². The number of carbonyl (C=O) groups excluding carboxylic acids is 1. The molecule has 1 rings (SSSR count). The molecular formula is C12H14F4N2OS. The summed E-state index contributed by atoms with van der Waals surface area (Å²) in [6, 6.07) is 5.15. The summed E-state index contributed by atoms with van der Waals surface area (Å²) in [6.45, 7) is -1.07. The zero-order valence-corrected chi connectivity index (χ0v) is 11.3. The summed E-state index contributed by atoms with van der Waals surface area (Å²) in [5.74, 6) is 0.364. The monoisotopic (exact) mass is 310 g/mol. The lowest BCUT2D eigenvalue weighted by atomic mass is 10.4. The lowest BCUT2D eigenvalue weighted by molar-refractivity contribution is -0.122. The van der Waals surface area contributed by atoms with Gasteiger partial charge >= 0.3 is 12.2 Å². The van der Waals surface area contributed by atoms with E-state index < -0.39 is 18.8 Å². The Kier molecular flexibility index (Phi) is 6.63. The highest BCUT2D eigenvalue weighted by molar-refractivity contribution is 7.99. The summed E-state index contributed by atoms with van der Waals surface area (Å²) >= 11 is 1.48. The predicted molar refractivity (Wildman–Crippen MR) is 69.2 cm³/mol. The van der Waals surface area contributed by atoms with E-state index in [-0.39, 0.29) is 12.4 Å². The summed E-state index contributed by atoms with van der Waals surface area (Å²) in [7, 11) is 0. The Hall–Kier alpha value is -1.44. The number of nitrogens with one attached hydrogen (secondary N) is 2. The van der Waals surface area contributed by atoms with E-state index in [0.717, 1.165) is 4.90 Å². The minimum Gasteiger partial charge on any atom is -0.338 e. The Labute approximate surface area is 118 Å². The number of hydrogen-bond donors (Lipinski definition) is 2. The molecule has 2 N–H and O–H groups in total. The Balaban J connectivity index is 2.07. The van der Waals surface area contributed by atoms with Crippen molar-refractivity contribution >= 4 is 17.8 Å². The smallest absolute Gasteiger partial charge is 0.338 e. The molecule has 0 aliphatic carbocycles. The van der Waals surface area contributed by atoms with E-state index >= 15 is 0 Å². The van der Waals surface area contributed by atoms with Crippen molar-refractivity contribution in [3.8, 4) is 0 Å². The van der Waals surface area contributed by atoms with Crippen molar-refractivity contribution in [2.75, 3.05) is 18.8 Å². The van der Waals surface area contributed by atoms with E-state index in [1.54, 1.807) is 17.4 Å². The number of alkyl halides is 3. The zero-order chi connectivity index (χ0) is 15.0. The molecule has 0 unspecified atom stereocenters. The Morgan fingerprint density at radius 1 is 1.15 bits per heavy atom. The van der Waals surface area contributed by atoms with Crippen LogP contribution in [-0.4, -0.2) is 31.0 Å². The largest absolute Gasteiger partial charge is 0.405 e. The van der Waals surface area contributed by atoms with Gasteiger partial charge in [0.2, 0.25) is 0 Å². The minimum atomic E-state index is -4.41. The SMILES string of the molecule is O=C(NCCCSc1ccc(F)cc1)NCC(F)(F)F. The first-order valence-electron chi connectivity index (χ1n) is 5.83. The van der Waals surface area contributed by atoms with E-state index in [0.29, 0.717) is 12.2 Å². The molecule has 20 heavy (non-hydrogen) atoms. The number of urea groups is 1. The van der Waals surface area contributed by atoms with Crippen LogP contribution < -0.4 is 10.6 Å². The van der Waals surface area contributed by atoms with Crippen LogP contribution in [0.25, 0.3) is 0 Å². The highest BCUT2D eigenvalue weighted by Gasteiger charge is 2.27. The fourth-order valence-corrected chi connectivity index (χ4v) is 2.09. The number of benzene rings is 1. The van der Waals surface area contributed by atoms with Crippen molar-refractivity contribution in [2.45, 2.75) is 17.5 Å². The molecule has 0 aliphatic heterocycles. The highest BCUT2D eigenvalue weighted by atomic mass is 32.2. The lowest BCUT2D eigenvalue weighted by Crippen LogP contribution is -2.41. The fourth-order valence-electron chi connectivity index (χ4n) is 1.24. The van der Waals surface area contributed by atoms with E-state index in [2.05, 4.69) is 5.32 Å². The van der Waals surface area contributed by atoms with Crippen LogP contribution in [0.2, 0.25) is 0 Å². The minimum absolute atomic E-state index is 0.276. The molecule has 1 aromatic carbocycles. The van der Waals surface area contributed by atoms with E-state index in [1.807, 2.05) is 0 Å². The van der Waals surface area contributed by atoms with Crippen LogP contribution in [0.5, 0.6) is 0 Å². The normalized spacial score (nSPS) is 11.2. The molecule has 0 saturated heterocycles. The molecule has 2 amide bonds. The first-order chi connectivity index (χ1) is 9.37. The van der Waals surface area contributed by atoms with Gasteiger partial charge in [-0.1, -0.05) is 0 Å². The van der Waals surface area contributed by atoms with Crippen LogP contribution in [0.3, 0.4) is 0 Å². The Bertz CT molecular complexity index is 422. The first kappa shape index (κ1) is 16.6. The summed E-state index contributed by atoms with van der Waals surface area (Å²) < 4.78 is 48.0. The molecule has 0 bridgehead atoms. The van der Waals surface area contributed by atoms with Gasteiger partial charge in [-0.2, -0.15) is 13.2 Å². The maximum atomic E-state index is 12.6. The quantitative estimate of drug-likeness (QED) is 0.481. The van der Waals surface area contributed by atoms with Crippen LogP contribution in [-0.2, 0) is 0 Å². The molecule has 0 aromatic heterocycles. The van der Waals surface area contributed by atoms with Crippen molar-refractivity contribution in [2.24, 2.45) is 0 Å². The van der Waals surface area contributed by atoms with E-state index in [1.165, 1.54) is 23.9 Å². The van der Waals surface area contributed by atoms with Crippen LogP contribution >= 0.6 is 11.8 Å². The predicted octanol–water partition coefficient (Wildman–Crippen LogP) is 3.17. The lowest BCUT2D eigenvalue weighted by Gasteiger charge is -2.09. The van der Waals surface area contributed by atoms with Gasteiger partial charge in [0.1, 0.15) is 12.4 Å². The van der Waals surface area contributed by atoms with Crippen LogP contribution in [0.4, 0.5) is 22.4 Å². The third kappa shape index (κ3) is 7.88. The average Bonchev–Trinajstić information content (AvgIpc) is 2.37. The molecule has 0 saturated carbocycles. The molecule has 0 fully saturated rings. The summed E-state index contributed by atoms with van der Waals surface area (Å²) in [5, 5.41) is 4.04. The zero-order valence-electron chi connectivity index (χ0n) is 10.5.